The second-order valence-electron chi connectivity index (χ2n) is 6.17. The topological polar surface area (TPSA) is 63.2 Å². The summed E-state index contributed by atoms with van der Waals surface area (Å²) in [6.07, 6.45) is 0. The third-order valence-electron chi connectivity index (χ3n) is 4.54. The molecule has 0 bridgehead atoms. The third kappa shape index (κ3) is 2.44. The van der Waals surface area contributed by atoms with E-state index in [1.165, 1.54) is 18.2 Å². The summed E-state index contributed by atoms with van der Waals surface area (Å²) >= 11 is 7.13. The first kappa shape index (κ1) is 17.0. The van der Waals surface area contributed by atoms with Gasteiger partial charge in [-0.25, -0.2) is 9.29 Å². The van der Waals surface area contributed by atoms with Crippen LogP contribution in [0.15, 0.2) is 54.6 Å². The van der Waals surface area contributed by atoms with E-state index < -0.39 is 17.6 Å². The van der Waals surface area contributed by atoms with Gasteiger partial charge in [0.1, 0.15) is 5.82 Å². The van der Waals surface area contributed by atoms with Gasteiger partial charge in [-0.05, 0) is 35.7 Å². The number of hydrogen-bond donors (Lipinski definition) is 0. The van der Waals surface area contributed by atoms with Gasteiger partial charge in [-0.2, -0.15) is 0 Å². The fourth-order valence-corrected chi connectivity index (χ4v) is 4.48. The number of anilines is 1. The van der Waals surface area contributed by atoms with Crippen LogP contribution in [0.25, 0.3) is 21.3 Å². The molecule has 28 heavy (non-hydrogen) atoms. The lowest BCUT2D eigenvalue weighted by atomic mass is 9.94. The zero-order valence-corrected chi connectivity index (χ0v) is 15.6. The molecule has 4 aromatic rings. The highest BCUT2D eigenvalue weighted by Crippen LogP contribution is 2.37. The van der Waals surface area contributed by atoms with Gasteiger partial charge in [0.15, 0.2) is 5.01 Å². The lowest BCUT2D eigenvalue weighted by Gasteiger charge is -2.24. The fraction of sp³-hybridized carbons (Fsp3) is 0. The molecule has 5 nitrogen and oxygen atoms in total. The van der Waals surface area contributed by atoms with Crippen molar-refractivity contribution < 1.29 is 14.0 Å². The maximum absolute atomic E-state index is 13.3. The first-order valence-corrected chi connectivity index (χ1v) is 9.43. The minimum atomic E-state index is -0.468. The van der Waals surface area contributed by atoms with Crippen LogP contribution >= 0.6 is 22.9 Å². The number of hydrogen-bond acceptors (Lipinski definition) is 5. The van der Waals surface area contributed by atoms with Crippen molar-refractivity contribution in [1.29, 1.82) is 0 Å². The molecule has 136 valence electrons. The van der Waals surface area contributed by atoms with Crippen LogP contribution in [0.3, 0.4) is 0 Å². The van der Waals surface area contributed by atoms with Gasteiger partial charge in [-0.1, -0.05) is 47.2 Å². The van der Waals surface area contributed by atoms with Gasteiger partial charge in [-0.3, -0.25) is 9.59 Å². The molecule has 5 rings (SSSR count). The lowest BCUT2D eigenvalue weighted by Crippen LogP contribution is -2.40. The number of carbonyl (C=O) groups is 2. The van der Waals surface area contributed by atoms with Gasteiger partial charge < -0.3 is 0 Å². The summed E-state index contributed by atoms with van der Waals surface area (Å²) < 4.78 is 13.3. The maximum Gasteiger partial charge on any atom is 0.267 e. The highest BCUT2D eigenvalue weighted by Gasteiger charge is 2.36. The van der Waals surface area contributed by atoms with E-state index in [0.29, 0.717) is 27.1 Å². The number of halogens is 2. The van der Waals surface area contributed by atoms with Gasteiger partial charge in [-0.15, -0.1) is 10.2 Å². The maximum atomic E-state index is 13.3. The number of carbonyl (C=O) groups excluding carboxylic acids is 2. The average molecular weight is 410 g/mol. The van der Waals surface area contributed by atoms with Crippen molar-refractivity contribution in [2.75, 3.05) is 4.90 Å². The van der Waals surface area contributed by atoms with Crippen LogP contribution in [0, 0.1) is 5.82 Å². The minimum Gasteiger partial charge on any atom is -0.268 e. The van der Waals surface area contributed by atoms with Gasteiger partial charge in [0, 0.05) is 22.1 Å². The molecule has 1 aliphatic rings. The molecule has 0 saturated carbocycles. The summed E-state index contributed by atoms with van der Waals surface area (Å²) in [5.41, 5.74) is 1.35. The second kappa shape index (κ2) is 6.19. The van der Waals surface area contributed by atoms with Crippen molar-refractivity contribution in [1.82, 2.24) is 10.2 Å². The molecule has 0 spiro atoms. The molecule has 0 aliphatic carbocycles. The first-order valence-electron chi connectivity index (χ1n) is 8.24. The van der Waals surface area contributed by atoms with E-state index in [0.717, 1.165) is 21.6 Å². The zero-order chi connectivity index (χ0) is 19.4. The Hall–Kier alpha value is -3.16. The summed E-state index contributed by atoms with van der Waals surface area (Å²) in [5, 5.41) is 10.2. The van der Waals surface area contributed by atoms with Crippen molar-refractivity contribution in [3.8, 4) is 10.6 Å². The number of rotatable bonds is 2. The second-order valence-corrected chi connectivity index (χ2v) is 7.53. The molecule has 0 N–H and O–H groups in total. The summed E-state index contributed by atoms with van der Waals surface area (Å²) in [7, 11) is 0. The van der Waals surface area contributed by atoms with Crippen LogP contribution in [-0.4, -0.2) is 22.0 Å². The highest BCUT2D eigenvalue weighted by molar-refractivity contribution is 7.19. The SMILES string of the molecule is O=C1c2cccc3cccc(c23)C(=O)N1c1nnc(-c2ccc(F)cc2Cl)s1. The summed E-state index contributed by atoms with van der Waals surface area (Å²) in [6.45, 7) is 0. The Labute approximate surface area is 167 Å². The predicted molar refractivity (Wildman–Crippen MR) is 105 cm³/mol. The monoisotopic (exact) mass is 409 g/mol. The Bertz CT molecular complexity index is 1250. The van der Waals surface area contributed by atoms with Gasteiger partial charge in [0.25, 0.3) is 11.8 Å². The molecule has 0 unspecified atom stereocenters. The Morgan fingerprint density at radius 1 is 0.893 bits per heavy atom. The van der Waals surface area contributed by atoms with Gasteiger partial charge in [0.2, 0.25) is 5.13 Å². The van der Waals surface area contributed by atoms with Gasteiger partial charge >= 0.3 is 0 Å². The van der Waals surface area contributed by atoms with Crippen LogP contribution in [0.5, 0.6) is 0 Å². The largest absolute Gasteiger partial charge is 0.268 e. The molecule has 1 aliphatic heterocycles. The molecule has 2 amide bonds. The number of aromatic nitrogens is 2. The molecule has 0 saturated heterocycles. The van der Waals surface area contributed by atoms with E-state index in [4.69, 9.17) is 11.6 Å². The minimum absolute atomic E-state index is 0.136. The molecular formula is C20H9ClFN3O2S. The molecule has 2 heterocycles. The van der Waals surface area contributed by atoms with Crippen LogP contribution in [0.4, 0.5) is 9.52 Å². The molecule has 0 radical (unpaired) electrons. The van der Waals surface area contributed by atoms with Crippen LogP contribution < -0.4 is 4.90 Å². The third-order valence-corrected chi connectivity index (χ3v) is 5.79. The van der Waals surface area contributed by atoms with E-state index >= 15 is 0 Å². The molecule has 1 aromatic heterocycles. The van der Waals surface area contributed by atoms with Crippen molar-refractivity contribution in [3.63, 3.8) is 0 Å². The van der Waals surface area contributed by atoms with Crippen molar-refractivity contribution in [2.45, 2.75) is 0 Å². The van der Waals surface area contributed by atoms with E-state index in [1.54, 1.807) is 24.3 Å². The predicted octanol–water partition coefficient (Wildman–Crippen LogP) is 4.95. The van der Waals surface area contributed by atoms with Crippen molar-refractivity contribution in [3.05, 3.63) is 76.6 Å². The molecule has 0 atom stereocenters. The van der Waals surface area contributed by atoms with E-state index in [-0.39, 0.29) is 10.2 Å². The van der Waals surface area contributed by atoms with Crippen LogP contribution in [0.1, 0.15) is 20.7 Å². The van der Waals surface area contributed by atoms with Crippen LogP contribution in [-0.2, 0) is 0 Å². The Morgan fingerprint density at radius 3 is 2.21 bits per heavy atom. The van der Waals surface area contributed by atoms with Gasteiger partial charge in [0.05, 0.1) is 5.02 Å². The number of imide groups is 1. The Morgan fingerprint density at radius 2 is 1.57 bits per heavy atom. The molecular weight excluding hydrogens is 401 g/mol. The van der Waals surface area contributed by atoms with E-state index in [9.17, 15) is 14.0 Å². The highest BCUT2D eigenvalue weighted by atomic mass is 35.5. The number of nitrogens with zero attached hydrogens (tertiary/aromatic N) is 3. The molecule has 0 fully saturated rings. The lowest BCUT2D eigenvalue weighted by molar-refractivity contribution is 0.0893. The standard InChI is InChI=1S/C20H9ClFN3O2S/c21-15-9-11(22)7-8-12(15)17-23-24-20(28-17)25-18(26)13-5-1-3-10-4-2-6-14(16(10)13)19(25)27/h1-9H. The van der Waals surface area contributed by atoms with Crippen molar-refractivity contribution in [2.24, 2.45) is 0 Å². The zero-order valence-electron chi connectivity index (χ0n) is 14.0. The van der Waals surface area contributed by atoms with Crippen molar-refractivity contribution >= 4 is 50.7 Å². The van der Waals surface area contributed by atoms with E-state index in [1.807, 2.05) is 12.1 Å². The summed E-state index contributed by atoms with van der Waals surface area (Å²) in [4.78, 5) is 27.1. The van der Waals surface area contributed by atoms with E-state index in [2.05, 4.69) is 10.2 Å². The summed E-state index contributed by atoms with van der Waals surface area (Å²) in [6, 6.07) is 14.6. The quantitative estimate of drug-likeness (QED) is 0.439. The molecule has 3 aromatic carbocycles. The average Bonchev–Trinajstić information content (AvgIpc) is 3.15. The Balaban J connectivity index is 1.62. The van der Waals surface area contributed by atoms with Crippen LogP contribution in [0.2, 0.25) is 5.02 Å². The Kier molecular flexibility index (Phi) is 3.75. The molecule has 8 heteroatoms. The smallest absolute Gasteiger partial charge is 0.267 e. The fourth-order valence-electron chi connectivity index (χ4n) is 3.28. The number of benzene rings is 3. The summed E-state index contributed by atoms with van der Waals surface area (Å²) in [5.74, 6) is -1.38. The number of amides is 2. The normalized spacial score (nSPS) is 13.4. The first-order chi connectivity index (χ1) is 13.5.